The Balaban J connectivity index is 1.79. The molecular weight excluding hydrogens is 320 g/mol. The first kappa shape index (κ1) is 19.2. The maximum atomic E-state index is 13.0. The van der Waals surface area contributed by atoms with E-state index in [4.69, 9.17) is 0 Å². The number of benzene rings is 1. The van der Waals surface area contributed by atoms with Crippen molar-refractivity contribution in [3.8, 4) is 0 Å². The number of likely N-dealkylation sites (tertiary alicyclic amines) is 1. The first-order valence-electron chi connectivity index (χ1n) is 8.43. The molecule has 2 rings (SSSR count). The molecule has 6 heteroatoms. The lowest BCUT2D eigenvalue weighted by Gasteiger charge is -2.43. The minimum absolute atomic E-state index is 0.0534. The summed E-state index contributed by atoms with van der Waals surface area (Å²) >= 11 is 0. The van der Waals surface area contributed by atoms with Gasteiger partial charge in [-0.25, -0.2) is 4.39 Å². The monoisotopic (exact) mass is 346 g/mol. The van der Waals surface area contributed by atoms with Crippen LogP contribution in [0.1, 0.15) is 32.3 Å². The molecule has 2 nitrogen and oxygen atoms in total. The van der Waals surface area contributed by atoms with Crippen molar-refractivity contribution >= 4 is 0 Å². The van der Waals surface area contributed by atoms with Gasteiger partial charge in [-0.15, -0.1) is 0 Å². The standard InChI is InChI=1S/C18H26F4N2/c1-17(2,11-14-3-5-16(19)6-4-14)24-9-7-15(8-10-24)12-23-13-18(20,21)22/h3-6,15,23H,7-13H2,1-2H3. The number of nitrogens with zero attached hydrogens (tertiary/aromatic N) is 1. The van der Waals surface area contributed by atoms with Crippen molar-refractivity contribution < 1.29 is 17.6 Å². The van der Waals surface area contributed by atoms with E-state index in [9.17, 15) is 17.6 Å². The van der Waals surface area contributed by atoms with Crippen molar-refractivity contribution in [2.75, 3.05) is 26.2 Å². The summed E-state index contributed by atoms with van der Waals surface area (Å²) in [4.78, 5) is 2.39. The van der Waals surface area contributed by atoms with E-state index in [0.717, 1.165) is 37.9 Å². The average molecular weight is 346 g/mol. The van der Waals surface area contributed by atoms with Crippen LogP contribution in [0.25, 0.3) is 0 Å². The van der Waals surface area contributed by atoms with E-state index in [0.29, 0.717) is 12.5 Å². The van der Waals surface area contributed by atoms with Crippen molar-refractivity contribution in [2.24, 2.45) is 5.92 Å². The number of rotatable bonds is 6. The van der Waals surface area contributed by atoms with Crippen LogP contribution in [0.3, 0.4) is 0 Å². The molecule has 0 spiro atoms. The molecule has 1 aromatic carbocycles. The lowest BCUT2D eigenvalue weighted by atomic mass is 9.88. The molecule has 24 heavy (non-hydrogen) atoms. The third-order valence-electron chi connectivity index (χ3n) is 4.78. The van der Waals surface area contributed by atoms with E-state index in [1.807, 2.05) is 12.1 Å². The van der Waals surface area contributed by atoms with E-state index in [2.05, 4.69) is 24.1 Å². The van der Waals surface area contributed by atoms with Gasteiger partial charge in [-0.1, -0.05) is 12.1 Å². The van der Waals surface area contributed by atoms with Gasteiger partial charge in [-0.3, -0.25) is 4.90 Å². The molecule has 1 aliphatic rings. The third kappa shape index (κ3) is 6.06. The number of hydrogen-bond acceptors (Lipinski definition) is 2. The highest BCUT2D eigenvalue weighted by Gasteiger charge is 2.31. The van der Waals surface area contributed by atoms with Gasteiger partial charge in [0, 0.05) is 5.54 Å². The van der Waals surface area contributed by atoms with Crippen LogP contribution in [0.4, 0.5) is 17.6 Å². The molecule has 0 bridgehead atoms. The van der Waals surface area contributed by atoms with E-state index < -0.39 is 12.7 Å². The highest BCUT2D eigenvalue weighted by Crippen LogP contribution is 2.27. The number of nitrogens with one attached hydrogen (secondary N) is 1. The van der Waals surface area contributed by atoms with Gasteiger partial charge in [0.1, 0.15) is 5.82 Å². The Morgan fingerprint density at radius 1 is 1.08 bits per heavy atom. The Kier molecular flexibility index (Phi) is 6.26. The van der Waals surface area contributed by atoms with Crippen molar-refractivity contribution in [1.82, 2.24) is 10.2 Å². The summed E-state index contributed by atoms with van der Waals surface area (Å²) in [7, 11) is 0. The molecule has 0 aliphatic carbocycles. The maximum absolute atomic E-state index is 13.0. The first-order valence-corrected chi connectivity index (χ1v) is 8.43. The van der Waals surface area contributed by atoms with Crippen molar-refractivity contribution in [3.63, 3.8) is 0 Å². The third-order valence-corrected chi connectivity index (χ3v) is 4.78. The topological polar surface area (TPSA) is 15.3 Å². The minimum atomic E-state index is -4.14. The molecule has 0 aromatic heterocycles. The van der Waals surface area contributed by atoms with Gasteiger partial charge in [0.05, 0.1) is 6.54 Å². The maximum Gasteiger partial charge on any atom is 0.401 e. The predicted molar refractivity (Wildman–Crippen MR) is 87.4 cm³/mol. The Labute approximate surface area is 141 Å². The smallest absolute Gasteiger partial charge is 0.308 e. The van der Waals surface area contributed by atoms with Gasteiger partial charge < -0.3 is 5.32 Å². The highest BCUT2D eigenvalue weighted by atomic mass is 19.4. The van der Waals surface area contributed by atoms with Crippen LogP contribution in [0.5, 0.6) is 0 Å². The van der Waals surface area contributed by atoms with Crippen LogP contribution in [-0.4, -0.2) is 42.8 Å². The molecule has 1 aliphatic heterocycles. The second-order valence-electron chi connectivity index (χ2n) is 7.29. The molecule has 1 aromatic rings. The summed E-state index contributed by atoms with van der Waals surface area (Å²) < 4.78 is 49.5. The number of piperidine rings is 1. The van der Waals surface area contributed by atoms with Gasteiger partial charge in [0.25, 0.3) is 0 Å². The zero-order valence-electron chi connectivity index (χ0n) is 14.3. The van der Waals surface area contributed by atoms with Crippen LogP contribution < -0.4 is 5.32 Å². The summed E-state index contributed by atoms with van der Waals surface area (Å²) in [5, 5.41) is 2.51. The highest BCUT2D eigenvalue weighted by molar-refractivity contribution is 5.18. The Bertz CT molecular complexity index is 503. The number of alkyl halides is 3. The molecule has 0 amide bonds. The second-order valence-corrected chi connectivity index (χ2v) is 7.29. The molecule has 1 N–H and O–H groups in total. The average Bonchev–Trinajstić information content (AvgIpc) is 2.49. The molecule has 0 radical (unpaired) electrons. The van der Waals surface area contributed by atoms with Crippen LogP contribution in [0.15, 0.2) is 24.3 Å². The lowest BCUT2D eigenvalue weighted by molar-refractivity contribution is -0.125. The fourth-order valence-corrected chi connectivity index (χ4v) is 3.37. The second kappa shape index (κ2) is 7.83. The molecule has 0 unspecified atom stereocenters. The van der Waals surface area contributed by atoms with Crippen molar-refractivity contribution in [2.45, 2.75) is 44.8 Å². The minimum Gasteiger partial charge on any atom is -0.308 e. The normalized spacial score (nSPS) is 18.1. The molecule has 136 valence electrons. The Hall–Kier alpha value is -1.14. The summed E-state index contributed by atoms with van der Waals surface area (Å²) in [6, 6.07) is 6.57. The summed E-state index contributed by atoms with van der Waals surface area (Å²) in [6.07, 6.45) is -1.52. The van der Waals surface area contributed by atoms with Crippen LogP contribution >= 0.6 is 0 Å². The van der Waals surface area contributed by atoms with Gasteiger partial charge in [0.15, 0.2) is 0 Å². The molecule has 1 fully saturated rings. The molecule has 0 saturated carbocycles. The fraction of sp³-hybridized carbons (Fsp3) is 0.667. The van der Waals surface area contributed by atoms with Crippen molar-refractivity contribution in [1.29, 1.82) is 0 Å². The first-order chi connectivity index (χ1) is 11.2. The summed E-state index contributed by atoms with van der Waals surface area (Å²) in [5.74, 6) is 0.0638. The van der Waals surface area contributed by atoms with Gasteiger partial charge >= 0.3 is 6.18 Å². The predicted octanol–water partition coefficient (Wildman–Crippen LogP) is 4.01. The van der Waals surface area contributed by atoms with Gasteiger partial charge in [0.2, 0.25) is 0 Å². The van der Waals surface area contributed by atoms with Crippen molar-refractivity contribution in [3.05, 3.63) is 35.6 Å². The largest absolute Gasteiger partial charge is 0.401 e. The quantitative estimate of drug-likeness (QED) is 0.783. The van der Waals surface area contributed by atoms with Crippen LogP contribution in [0, 0.1) is 11.7 Å². The molecule has 1 heterocycles. The zero-order valence-corrected chi connectivity index (χ0v) is 14.3. The Morgan fingerprint density at radius 3 is 2.21 bits per heavy atom. The summed E-state index contributed by atoms with van der Waals surface area (Å²) in [5.41, 5.74) is 1.04. The summed E-state index contributed by atoms with van der Waals surface area (Å²) in [6.45, 7) is 5.60. The van der Waals surface area contributed by atoms with E-state index in [-0.39, 0.29) is 11.4 Å². The Morgan fingerprint density at radius 2 is 1.67 bits per heavy atom. The van der Waals surface area contributed by atoms with E-state index in [1.165, 1.54) is 12.1 Å². The van der Waals surface area contributed by atoms with Gasteiger partial charge in [-0.2, -0.15) is 13.2 Å². The van der Waals surface area contributed by atoms with Crippen LogP contribution in [-0.2, 0) is 6.42 Å². The zero-order chi connectivity index (χ0) is 17.8. The molecule has 0 atom stereocenters. The van der Waals surface area contributed by atoms with Gasteiger partial charge in [-0.05, 0) is 76.4 Å². The lowest BCUT2D eigenvalue weighted by Crippen LogP contribution is -2.50. The fourth-order valence-electron chi connectivity index (χ4n) is 3.37. The molecular formula is C18H26F4N2. The molecule has 1 saturated heterocycles. The SMILES string of the molecule is CC(C)(Cc1ccc(F)cc1)N1CCC(CNCC(F)(F)F)CC1. The van der Waals surface area contributed by atoms with E-state index >= 15 is 0 Å². The van der Waals surface area contributed by atoms with Crippen LogP contribution in [0.2, 0.25) is 0 Å². The van der Waals surface area contributed by atoms with E-state index in [1.54, 1.807) is 0 Å². The number of halogens is 4. The number of hydrogen-bond donors (Lipinski definition) is 1.